The van der Waals surface area contributed by atoms with Gasteiger partial charge in [0.15, 0.2) is 0 Å². The number of aromatic nitrogens is 4. The van der Waals surface area contributed by atoms with E-state index in [1.54, 1.807) is 28.2 Å². The normalized spacial score (nSPS) is 14.6. The predicted octanol–water partition coefficient (Wildman–Crippen LogP) is 2.52. The van der Waals surface area contributed by atoms with Crippen LogP contribution in [-0.4, -0.2) is 62.9 Å². The Morgan fingerprint density at radius 2 is 1.70 bits per heavy atom. The van der Waals surface area contributed by atoms with Gasteiger partial charge in [0.2, 0.25) is 0 Å². The number of halogens is 3. The van der Waals surface area contributed by atoms with Crippen LogP contribution < -0.4 is 9.64 Å². The Bertz CT molecular complexity index is 1000. The van der Waals surface area contributed by atoms with E-state index in [2.05, 4.69) is 19.7 Å². The molecule has 0 aliphatic carbocycles. The van der Waals surface area contributed by atoms with E-state index < -0.39 is 6.36 Å². The van der Waals surface area contributed by atoms with Crippen LogP contribution in [0.1, 0.15) is 10.4 Å². The number of piperazine rings is 1. The molecule has 0 bridgehead atoms. The first-order valence-electron chi connectivity index (χ1n) is 9.09. The zero-order chi connectivity index (χ0) is 21.1. The quantitative estimate of drug-likeness (QED) is 0.648. The first-order valence-corrected chi connectivity index (χ1v) is 9.09. The molecule has 0 saturated carbocycles. The molecule has 3 aromatic rings. The maximum absolute atomic E-state index is 12.7. The summed E-state index contributed by atoms with van der Waals surface area (Å²) in [6, 6.07) is 6.78. The highest BCUT2D eigenvalue weighted by atomic mass is 19.4. The Kier molecular flexibility index (Phi) is 5.25. The van der Waals surface area contributed by atoms with E-state index in [9.17, 15) is 18.0 Å². The lowest BCUT2D eigenvalue weighted by Gasteiger charge is -2.35. The van der Waals surface area contributed by atoms with Crippen molar-refractivity contribution in [2.45, 2.75) is 6.36 Å². The molecule has 1 fully saturated rings. The maximum Gasteiger partial charge on any atom is 0.573 e. The topological polar surface area (TPSA) is 76.4 Å². The number of imidazole rings is 1. The number of hydrogen-bond acceptors (Lipinski definition) is 6. The smallest absolute Gasteiger partial charge is 0.406 e. The fourth-order valence-electron chi connectivity index (χ4n) is 3.17. The van der Waals surface area contributed by atoms with Crippen LogP contribution in [0.3, 0.4) is 0 Å². The second kappa shape index (κ2) is 8.01. The first-order chi connectivity index (χ1) is 14.4. The minimum Gasteiger partial charge on any atom is -0.406 e. The Morgan fingerprint density at radius 1 is 1.00 bits per heavy atom. The van der Waals surface area contributed by atoms with E-state index in [1.165, 1.54) is 18.5 Å². The summed E-state index contributed by atoms with van der Waals surface area (Å²) >= 11 is 0. The van der Waals surface area contributed by atoms with E-state index in [1.807, 2.05) is 11.0 Å². The fourth-order valence-corrected chi connectivity index (χ4v) is 3.17. The van der Waals surface area contributed by atoms with Crippen molar-refractivity contribution in [3.63, 3.8) is 0 Å². The fraction of sp³-hybridized carbons (Fsp3) is 0.263. The van der Waals surface area contributed by atoms with Gasteiger partial charge < -0.3 is 14.5 Å². The van der Waals surface area contributed by atoms with Gasteiger partial charge in [-0.25, -0.2) is 15.0 Å². The first kappa shape index (κ1) is 19.7. The lowest BCUT2D eigenvalue weighted by Crippen LogP contribution is -2.49. The summed E-state index contributed by atoms with van der Waals surface area (Å²) < 4.78 is 42.4. The summed E-state index contributed by atoms with van der Waals surface area (Å²) in [5, 5.41) is 0. The van der Waals surface area contributed by atoms with Crippen molar-refractivity contribution < 1.29 is 22.7 Å². The molecule has 4 rings (SSSR count). The molecule has 156 valence electrons. The van der Waals surface area contributed by atoms with Crippen molar-refractivity contribution >= 4 is 11.7 Å². The molecule has 1 amide bonds. The molecule has 0 N–H and O–H groups in total. The van der Waals surface area contributed by atoms with Gasteiger partial charge in [-0.05, 0) is 24.3 Å². The Labute approximate surface area is 169 Å². The molecule has 11 heteroatoms. The maximum atomic E-state index is 12.7. The summed E-state index contributed by atoms with van der Waals surface area (Å²) in [5.74, 6) is 0.836. The van der Waals surface area contributed by atoms with Crippen LogP contribution in [0.25, 0.3) is 5.82 Å². The molecule has 0 radical (unpaired) electrons. The van der Waals surface area contributed by atoms with Crippen molar-refractivity contribution in [2.75, 3.05) is 31.1 Å². The lowest BCUT2D eigenvalue weighted by atomic mass is 10.1. The molecule has 30 heavy (non-hydrogen) atoms. The number of carbonyl (C=O) groups excluding carboxylic acids is 1. The average molecular weight is 418 g/mol. The van der Waals surface area contributed by atoms with E-state index in [0.29, 0.717) is 37.6 Å². The van der Waals surface area contributed by atoms with Crippen LogP contribution in [0.4, 0.5) is 19.0 Å². The molecule has 0 atom stereocenters. The van der Waals surface area contributed by atoms with Gasteiger partial charge >= 0.3 is 6.36 Å². The molecule has 3 heterocycles. The molecule has 1 aliphatic rings. The van der Waals surface area contributed by atoms with Gasteiger partial charge in [0.25, 0.3) is 5.91 Å². The van der Waals surface area contributed by atoms with Gasteiger partial charge in [0.05, 0.1) is 0 Å². The van der Waals surface area contributed by atoms with Crippen molar-refractivity contribution in [3.8, 4) is 11.6 Å². The van der Waals surface area contributed by atoms with Gasteiger partial charge in [0.1, 0.15) is 30.0 Å². The number of amides is 1. The largest absolute Gasteiger partial charge is 0.573 e. The molecule has 1 saturated heterocycles. The van der Waals surface area contributed by atoms with Crippen LogP contribution in [0.2, 0.25) is 0 Å². The number of hydrogen-bond donors (Lipinski definition) is 0. The van der Waals surface area contributed by atoms with Crippen LogP contribution >= 0.6 is 0 Å². The van der Waals surface area contributed by atoms with Crippen molar-refractivity contribution in [1.29, 1.82) is 0 Å². The van der Waals surface area contributed by atoms with E-state index in [0.717, 1.165) is 18.0 Å². The van der Waals surface area contributed by atoms with Crippen LogP contribution in [0.5, 0.6) is 5.75 Å². The standard InChI is InChI=1S/C19H17F3N6O2/c20-19(21,22)30-15-3-1-14(2-4-15)18(29)27-9-7-26(8-10-27)16-11-17(25-12-24-16)28-6-5-23-13-28/h1-6,11-13H,7-10H2. The minimum atomic E-state index is -4.76. The van der Waals surface area contributed by atoms with Gasteiger partial charge in [0, 0.05) is 50.2 Å². The summed E-state index contributed by atoms with van der Waals surface area (Å²) in [4.78, 5) is 28.9. The van der Waals surface area contributed by atoms with Crippen molar-refractivity contribution in [3.05, 3.63) is 60.9 Å². The third-order valence-electron chi connectivity index (χ3n) is 4.63. The summed E-state index contributed by atoms with van der Waals surface area (Å²) in [5.41, 5.74) is 0.308. The highest BCUT2D eigenvalue weighted by molar-refractivity contribution is 5.94. The number of alkyl halides is 3. The van der Waals surface area contributed by atoms with Crippen molar-refractivity contribution in [2.24, 2.45) is 0 Å². The number of anilines is 1. The second-order valence-corrected chi connectivity index (χ2v) is 6.56. The van der Waals surface area contributed by atoms with Crippen LogP contribution in [-0.2, 0) is 0 Å². The third kappa shape index (κ3) is 4.50. The summed E-state index contributed by atoms with van der Waals surface area (Å²) in [6.45, 7) is 2.07. The molecule has 2 aromatic heterocycles. The molecular weight excluding hydrogens is 401 g/mol. The average Bonchev–Trinajstić information content (AvgIpc) is 3.28. The number of carbonyl (C=O) groups is 1. The van der Waals surface area contributed by atoms with Crippen LogP contribution in [0.15, 0.2) is 55.4 Å². The van der Waals surface area contributed by atoms with Crippen molar-refractivity contribution in [1.82, 2.24) is 24.4 Å². The van der Waals surface area contributed by atoms with Crippen LogP contribution in [0, 0.1) is 0 Å². The van der Waals surface area contributed by atoms with E-state index in [4.69, 9.17) is 0 Å². The SMILES string of the molecule is O=C(c1ccc(OC(F)(F)F)cc1)N1CCN(c2cc(-n3ccnc3)ncn2)CC1. The van der Waals surface area contributed by atoms with E-state index >= 15 is 0 Å². The van der Waals surface area contributed by atoms with Gasteiger partial charge in [-0.3, -0.25) is 9.36 Å². The van der Waals surface area contributed by atoms with Gasteiger partial charge in [-0.2, -0.15) is 0 Å². The molecule has 0 unspecified atom stereocenters. The Hall–Kier alpha value is -3.63. The zero-order valence-corrected chi connectivity index (χ0v) is 15.7. The highest BCUT2D eigenvalue weighted by Gasteiger charge is 2.31. The number of rotatable bonds is 4. The van der Waals surface area contributed by atoms with E-state index in [-0.39, 0.29) is 11.7 Å². The lowest BCUT2D eigenvalue weighted by molar-refractivity contribution is -0.274. The van der Waals surface area contributed by atoms with Gasteiger partial charge in [-0.1, -0.05) is 0 Å². The third-order valence-corrected chi connectivity index (χ3v) is 4.63. The second-order valence-electron chi connectivity index (χ2n) is 6.56. The molecule has 1 aromatic carbocycles. The Balaban J connectivity index is 1.37. The molecule has 0 spiro atoms. The van der Waals surface area contributed by atoms with Gasteiger partial charge in [-0.15, -0.1) is 13.2 Å². The predicted molar refractivity (Wildman–Crippen MR) is 100 cm³/mol. The molecular formula is C19H17F3N6O2. The number of benzene rings is 1. The monoisotopic (exact) mass is 418 g/mol. The Morgan fingerprint density at radius 3 is 2.33 bits per heavy atom. The highest BCUT2D eigenvalue weighted by Crippen LogP contribution is 2.23. The zero-order valence-electron chi connectivity index (χ0n) is 15.7. The summed E-state index contributed by atoms with van der Waals surface area (Å²) in [7, 11) is 0. The molecule has 1 aliphatic heterocycles. The molecule has 8 nitrogen and oxygen atoms in total. The minimum absolute atomic E-state index is 0.241. The summed E-state index contributed by atoms with van der Waals surface area (Å²) in [6.07, 6.45) is 1.81. The number of nitrogens with zero attached hydrogens (tertiary/aromatic N) is 6. The number of ether oxygens (including phenoxy) is 1.